The molecule has 2 aromatic carbocycles. The first-order valence-electron chi connectivity index (χ1n) is 8.59. The molecule has 0 bridgehead atoms. The number of benzene rings is 2. The predicted molar refractivity (Wildman–Crippen MR) is 102 cm³/mol. The van der Waals surface area contributed by atoms with Gasteiger partial charge in [-0.15, -0.1) is 0 Å². The zero-order valence-corrected chi connectivity index (χ0v) is 16.2. The lowest BCUT2D eigenvalue weighted by Crippen LogP contribution is -2.07. The maximum atomic E-state index is 14.4. The monoisotopic (exact) mass is 436 g/mol. The summed E-state index contributed by atoms with van der Waals surface area (Å²) in [6, 6.07) is 4.43. The number of rotatable bonds is 8. The van der Waals surface area contributed by atoms with Gasteiger partial charge in [0.25, 0.3) is 5.69 Å². The fourth-order valence-corrected chi connectivity index (χ4v) is 2.57. The average molecular weight is 436 g/mol. The van der Waals surface area contributed by atoms with Crippen molar-refractivity contribution in [2.75, 3.05) is 19.5 Å². The highest BCUT2D eigenvalue weighted by molar-refractivity contribution is 5.67. The van der Waals surface area contributed by atoms with Crippen molar-refractivity contribution in [1.29, 1.82) is 0 Å². The van der Waals surface area contributed by atoms with E-state index in [9.17, 15) is 23.3 Å². The van der Waals surface area contributed by atoms with Gasteiger partial charge in [0.05, 0.1) is 37.1 Å². The summed E-state index contributed by atoms with van der Waals surface area (Å²) in [6.45, 7) is -0.528. The Morgan fingerprint density at radius 3 is 2.23 bits per heavy atom. The van der Waals surface area contributed by atoms with Crippen LogP contribution in [0.4, 0.5) is 30.5 Å². The van der Waals surface area contributed by atoms with Crippen molar-refractivity contribution in [2.24, 2.45) is 0 Å². The SMILES string of the molecule is COc1cc(OC)c(F)c(COc2cnc(Nc3c(F)cccc3[N+](=O)[O-])nc2)c1F. The van der Waals surface area contributed by atoms with Crippen molar-refractivity contribution >= 4 is 17.3 Å². The van der Waals surface area contributed by atoms with Gasteiger partial charge in [-0.25, -0.2) is 23.1 Å². The van der Waals surface area contributed by atoms with E-state index in [0.717, 1.165) is 30.6 Å². The third kappa shape index (κ3) is 4.57. The summed E-state index contributed by atoms with van der Waals surface area (Å²) in [7, 11) is 2.44. The van der Waals surface area contributed by atoms with E-state index in [1.165, 1.54) is 20.3 Å². The molecule has 0 amide bonds. The molecule has 0 atom stereocenters. The summed E-state index contributed by atoms with van der Waals surface area (Å²) >= 11 is 0. The number of para-hydroxylation sites is 1. The van der Waals surface area contributed by atoms with Gasteiger partial charge in [0.1, 0.15) is 6.61 Å². The molecule has 3 rings (SSSR count). The Bertz CT molecular complexity index is 1080. The Hall–Kier alpha value is -4.09. The normalized spacial score (nSPS) is 10.5. The molecule has 9 nitrogen and oxygen atoms in total. The van der Waals surface area contributed by atoms with Gasteiger partial charge in [-0.05, 0) is 6.07 Å². The lowest BCUT2D eigenvalue weighted by atomic mass is 10.1. The number of aromatic nitrogens is 2. The molecule has 0 spiro atoms. The van der Waals surface area contributed by atoms with Gasteiger partial charge in [-0.1, -0.05) is 6.07 Å². The largest absolute Gasteiger partial charge is 0.494 e. The van der Waals surface area contributed by atoms with Gasteiger partial charge in [0.15, 0.2) is 40.4 Å². The lowest BCUT2D eigenvalue weighted by molar-refractivity contribution is -0.384. The number of anilines is 2. The van der Waals surface area contributed by atoms with Crippen LogP contribution in [-0.2, 0) is 6.61 Å². The first-order valence-corrected chi connectivity index (χ1v) is 8.59. The van der Waals surface area contributed by atoms with Crippen LogP contribution >= 0.6 is 0 Å². The third-order valence-electron chi connectivity index (χ3n) is 4.10. The van der Waals surface area contributed by atoms with Crippen molar-refractivity contribution in [3.05, 3.63) is 69.8 Å². The summed E-state index contributed by atoms with van der Waals surface area (Å²) in [5.74, 6) is -3.33. The van der Waals surface area contributed by atoms with E-state index in [0.29, 0.717) is 0 Å². The van der Waals surface area contributed by atoms with Crippen LogP contribution in [0.25, 0.3) is 0 Å². The summed E-state index contributed by atoms with van der Waals surface area (Å²) in [4.78, 5) is 18.0. The Labute approximate surface area is 173 Å². The molecule has 12 heteroatoms. The van der Waals surface area contributed by atoms with Crippen LogP contribution in [0.2, 0.25) is 0 Å². The summed E-state index contributed by atoms with van der Waals surface area (Å²) in [5.41, 5.74) is -1.34. The van der Waals surface area contributed by atoms with Crippen LogP contribution < -0.4 is 19.5 Å². The molecule has 0 unspecified atom stereocenters. The van der Waals surface area contributed by atoms with Gasteiger partial charge < -0.3 is 19.5 Å². The van der Waals surface area contributed by atoms with E-state index >= 15 is 0 Å². The van der Waals surface area contributed by atoms with E-state index in [1.807, 2.05) is 0 Å². The van der Waals surface area contributed by atoms with E-state index < -0.39 is 45.9 Å². The van der Waals surface area contributed by atoms with Gasteiger partial charge in [0, 0.05) is 12.1 Å². The van der Waals surface area contributed by atoms with Crippen LogP contribution in [0.15, 0.2) is 36.7 Å². The van der Waals surface area contributed by atoms with Crippen LogP contribution in [0.1, 0.15) is 5.56 Å². The summed E-state index contributed by atoms with van der Waals surface area (Å²) < 4.78 is 57.7. The van der Waals surface area contributed by atoms with Crippen LogP contribution in [0.5, 0.6) is 17.2 Å². The minimum Gasteiger partial charge on any atom is -0.494 e. The molecule has 3 aromatic rings. The molecule has 162 valence electrons. The standard InChI is InChI=1S/C19H15F3N4O5/c1-29-14-6-15(30-2)17(22)11(16(14)21)9-31-10-7-23-19(24-8-10)25-18-12(20)4-3-5-13(18)26(27)28/h3-8H,9H2,1-2H3,(H,23,24,25). The highest BCUT2D eigenvalue weighted by atomic mass is 19.1. The van der Waals surface area contributed by atoms with Gasteiger partial charge in [0.2, 0.25) is 5.95 Å². The molecule has 0 radical (unpaired) electrons. The molecule has 1 N–H and O–H groups in total. The molecule has 0 aliphatic carbocycles. The number of hydrogen-bond acceptors (Lipinski definition) is 8. The zero-order valence-electron chi connectivity index (χ0n) is 16.2. The first kappa shape index (κ1) is 21.6. The summed E-state index contributed by atoms with van der Waals surface area (Å²) in [5, 5.41) is 13.5. The Morgan fingerprint density at radius 1 is 1.06 bits per heavy atom. The predicted octanol–water partition coefficient (Wildman–Crippen LogP) is 4.14. The Kier molecular flexibility index (Phi) is 6.38. The number of halogens is 3. The van der Waals surface area contributed by atoms with Crippen molar-refractivity contribution in [3.63, 3.8) is 0 Å². The zero-order chi connectivity index (χ0) is 22.5. The molecule has 0 saturated heterocycles. The number of nitro groups is 1. The number of ether oxygens (including phenoxy) is 3. The maximum absolute atomic E-state index is 14.4. The Balaban J connectivity index is 1.77. The fourth-order valence-electron chi connectivity index (χ4n) is 2.57. The highest BCUT2D eigenvalue weighted by Crippen LogP contribution is 2.32. The van der Waals surface area contributed by atoms with E-state index in [-0.39, 0.29) is 23.2 Å². The molecular weight excluding hydrogens is 421 g/mol. The van der Waals surface area contributed by atoms with Gasteiger partial charge >= 0.3 is 0 Å². The third-order valence-corrected chi connectivity index (χ3v) is 4.10. The highest BCUT2D eigenvalue weighted by Gasteiger charge is 2.21. The summed E-state index contributed by atoms with van der Waals surface area (Å²) in [6.07, 6.45) is 2.30. The maximum Gasteiger partial charge on any atom is 0.295 e. The molecule has 0 fully saturated rings. The van der Waals surface area contributed by atoms with Crippen molar-refractivity contribution in [1.82, 2.24) is 9.97 Å². The lowest BCUT2D eigenvalue weighted by Gasteiger charge is -2.13. The topological polar surface area (TPSA) is 109 Å². The quantitative estimate of drug-likeness (QED) is 0.415. The second-order valence-corrected chi connectivity index (χ2v) is 5.93. The number of nitrogens with one attached hydrogen (secondary N) is 1. The minimum atomic E-state index is -0.952. The smallest absolute Gasteiger partial charge is 0.295 e. The molecular formula is C19H15F3N4O5. The first-order chi connectivity index (χ1) is 14.8. The molecule has 1 aromatic heterocycles. The fraction of sp³-hybridized carbons (Fsp3) is 0.158. The van der Waals surface area contributed by atoms with Crippen molar-refractivity contribution in [3.8, 4) is 17.2 Å². The second kappa shape index (κ2) is 9.15. The minimum absolute atomic E-state index is 0.0363. The van der Waals surface area contributed by atoms with E-state index in [4.69, 9.17) is 14.2 Å². The molecule has 31 heavy (non-hydrogen) atoms. The van der Waals surface area contributed by atoms with Crippen LogP contribution in [0.3, 0.4) is 0 Å². The number of nitrogens with zero attached hydrogens (tertiary/aromatic N) is 3. The van der Waals surface area contributed by atoms with Gasteiger partial charge in [-0.2, -0.15) is 0 Å². The molecule has 0 saturated carbocycles. The van der Waals surface area contributed by atoms with Crippen molar-refractivity contribution < 1.29 is 32.3 Å². The molecule has 0 aliphatic rings. The number of methoxy groups -OCH3 is 2. The van der Waals surface area contributed by atoms with E-state index in [2.05, 4.69) is 15.3 Å². The van der Waals surface area contributed by atoms with Crippen molar-refractivity contribution in [2.45, 2.75) is 6.61 Å². The number of hydrogen-bond donors (Lipinski definition) is 1. The number of nitro benzene ring substituents is 1. The van der Waals surface area contributed by atoms with Crippen LogP contribution in [-0.4, -0.2) is 29.1 Å². The second-order valence-electron chi connectivity index (χ2n) is 5.93. The Morgan fingerprint density at radius 2 is 1.68 bits per heavy atom. The molecule has 1 heterocycles. The van der Waals surface area contributed by atoms with Crippen LogP contribution in [0, 0.1) is 27.6 Å². The van der Waals surface area contributed by atoms with E-state index in [1.54, 1.807) is 0 Å². The van der Waals surface area contributed by atoms with Gasteiger partial charge in [-0.3, -0.25) is 10.1 Å². The molecule has 0 aliphatic heterocycles. The average Bonchev–Trinajstić information content (AvgIpc) is 2.76.